The highest BCUT2D eigenvalue weighted by Crippen LogP contribution is 2.74. The van der Waals surface area contributed by atoms with Crippen LogP contribution in [0.25, 0.3) is 0 Å². The Kier molecular flexibility index (Phi) is 7.30. The lowest BCUT2D eigenvalue weighted by atomic mass is 10.3. The minimum Gasteiger partial charge on any atom is -0.288 e. The molecule has 3 saturated heterocycles. The summed E-state index contributed by atoms with van der Waals surface area (Å²) in [6.45, 7) is 21.7. The fraction of sp³-hybridized carbons (Fsp3) is 1.00. The van der Waals surface area contributed by atoms with Crippen molar-refractivity contribution in [2.75, 3.05) is 39.3 Å². The van der Waals surface area contributed by atoms with Gasteiger partial charge in [0.2, 0.25) is 0 Å². The molecule has 9 atom stereocenters. The fourth-order valence-corrected chi connectivity index (χ4v) is 16.7. The molecule has 1 N–H and O–H groups in total. The zero-order chi connectivity index (χ0) is 21.6. The maximum atomic E-state index is 5.58. The van der Waals surface area contributed by atoms with E-state index >= 15 is 0 Å². The molecule has 9 heteroatoms. The van der Waals surface area contributed by atoms with E-state index in [-0.39, 0.29) is 10.6 Å². The number of rotatable bonds is 12. The van der Waals surface area contributed by atoms with Crippen LogP contribution in [0.5, 0.6) is 0 Å². The summed E-state index contributed by atoms with van der Waals surface area (Å²) in [6, 6.07) is 0. The van der Waals surface area contributed by atoms with Gasteiger partial charge in [0.05, 0.1) is 23.7 Å². The van der Waals surface area contributed by atoms with Gasteiger partial charge in [-0.3, -0.25) is 19.2 Å². The second-order valence-corrected chi connectivity index (χ2v) is 18.1. The van der Waals surface area contributed by atoms with Crippen molar-refractivity contribution >= 4 is 24.0 Å². The molecule has 0 bridgehead atoms. The molecule has 0 saturated carbocycles. The van der Waals surface area contributed by atoms with Crippen LogP contribution in [0.1, 0.15) is 80.1 Å². The van der Waals surface area contributed by atoms with Crippen LogP contribution in [0, 0.1) is 0 Å². The van der Waals surface area contributed by atoms with E-state index in [0.29, 0.717) is 5.28 Å². The van der Waals surface area contributed by atoms with Crippen molar-refractivity contribution in [1.82, 2.24) is 19.6 Å². The van der Waals surface area contributed by atoms with Gasteiger partial charge in [-0.1, -0.05) is 40.0 Å². The van der Waals surface area contributed by atoms with E-state index in [0.717, 1.165) is 0 Å². The maximum Gasteiger partial charge on any atom is 0.113 e. The van der Waals surface area contributed by atoms with E-state index in [9.17, 15) is 0 Å². The minimum absolute atomic E-state index is 0.275. The Morgan fingerprint density at radius 2 is 1.33 bits per heavy atom. The van der Waals surface area contributed by atoms with Crippen LogP contribution in [-0.2, 0) is 0 Å². The molecule has 0 amide bonds. The van der Waals surface area contributed by atoms with E-state index in [1.54, 1.807) is 0 Å². The third-order valence-corrected chi connectivity index (χ3v) is 16.9. The first-order valence-electron chi connectivity index (χ1n) is 12.3. The van der Waals surface area contributed by atoms with Gasteiger partial charge in [-0.05, 0) is 59.7 Å². The van der Waals surface area contributed by atoms with E-state index in [2.05, 4.69) is 61.1 Å². The lowest BCUT2D eigenvalue weighted by Crippen LogP contribution is -2.23. The van der Waals surface area contributed by atoms with Gasteiger partial charge in [0.25, 0.3) is 0 Å². The van der Waals surface area contributed by atoms with E-state index in [1.165, 1.54) is 77.8 Å². The Labute approximate surface area is 187 Å². The molecule has 4 rings (SSSR count). The first kappa shape index (κ1) is 23.9. The normalized spacial score (nSPS) is 49.3. The van der Waals surface area contributed by atoms with Crippen LogP contribution in [0.4, 0.5) is 0 Å². The highest BCUT2D eigenvalue weighted by Gasteiger charge is 2.60. The lowest BCUT2D eigenvalue weighted by Gasteiger charge is -2.32. The third kappa shape index (κ3) is 4.54. The zero-order valence-corrected chi connectivity index (χ0v) is 23.1. The summed E-state index contributed by atoms with van der Waals surface area (Å²) in [7, 11) is -2.54. The van der Waals surface area contributed by atoms with Crippen molar-refractivity contribution in [3.63, 3.8) is 0 Å². The summed E-state index contributed by atoms with van der Waals surface area (Å²) in [6.07, 6.45) is 7.77. The van der Waals surface area contributed by atoms with E-state index in [1.807, 2.05) is 0 Å². The molecular formula is C21H45N6P3. The molecule has 0 aromatic heterocycles. The number of nitrogens with zero attached hydrogens (tertiary/aromatic N) is 5. The van der Waals surface area contributed by atoms with Gasteiger partial charge in [0.15, 0.2) is 0 Å². The molecule has 4 heterocycles. The minimum atomic E-state index is -1.06. The highest BCUT2D eigenvalue weighted by atomic mass is 31.2. The zero-order valence-electron chi connectivity index (χ0n) is 20.2. The molecule has 174 valence electrons. The largest absolute Gasteiger partial charge is 0.288 e. The molecule has 0 spiro atoms. The molecule has 6 nitrogen and oxygen atoms in total. The summed E-state index contributed by atoms with van der Waals surface area (Å²) in [5.74, 6) is 0. The van der Waals surface area contributed by atoms with Gasteiger partial charge in [0.1, 0.15) is 8.22 Å². The number of nitrogens with one attached hydrogen (secondary N) is 1. The maximum absolute atomic E-state index is 5.58. The molecular weight excluding hydrogens is 429 g/mol. The number of hydrogen-bond donors (Lipinski definition) is 1. The SMILES string of the molecule is CCCCN1CC1(C)P1N=[PH](C2(C)CN2CCCC)N=[PH](C2(C)CN2CCCC)N1. The fourth-order valence-electron chi connectivity index (χ4n) is 4.73. The van der Waals surface area contributed by atoms with Crippen LogP contribution in [0.15, 0.2) is 9.03 Å². The average Bonchev–Trinajstić information content (AvgIpc) is 3.68. The predicted molar refractivity (Wildman–Crippen MR) is 136 cm³/mol. The quantitative estimate of drug-likeness (QED) is 0.277. The van der Waals surface area contributed by atoms with Crippen LogP contribution in [0.2, 0.25) is 0 Å². The summed E-state index contributed by atoms with van der Waals surface area (Å²) < 4.78 is 11.1. The topological polar surface area (TPSA) is 45.8 Å². The second-order valence-electron chi connectivity index (χ2n) is 10.4. The van der Waals surface area contributed by atoms with Gasteiger partial charge in [-0.15, -0.1) is 0 Å². The summed E-state index contributed by atoms with van der Waals surface area (Å²) in [4.78, 5) is 12.2. The standard InChI is InChI=1S/C21H45N6P3/c1-7-10-13-25-16-19(25,4)28-22-29(20(5)17-26(20)14-11-8-2)24-30(23-28)21(6)18-27(21)15-12-9-3/h28-29H,7-18H2,1-6H3,(H,22,23,24). The molecule has 0 aliphatic carbocycles. The van der Waals surface area contributed by atoms with Crippen molar-refractivity contribution < 1.29 is 0 Å². The van der Waals surface area contributed by atoms with E-state index in [4.69, 9.17) is 9.03 Å². The lowest BCUT2D eigenvalue weighted by molar-refractivity contribution is 0.474. The van der Waals surface area contributed by atoms with Gasteiger partial charge in [-0.25, -0.2) is 9.37 Å². The van der Waals surface area contributed by atoms with Crippen molar-refractivity contribution in [3.05, 3.63) is 0 Å². The third-order valence-electron chi connectivity index (χ3n) is 7.67. The monoisotopic (exact) mass is 474 g/mol. The van der Waals surface area contributed by atoms with Crippen molar-refractivity contribution in [1.29, 1.82) is 0 Å². The Balaban J connectivity index is 1.53. The Hall–Kier alpha value is 0.730. The van der Waals surface area contributed by atoms with Gasteiger partial charge < -0.3 is 0 Å². The molecule has 3 fully saturated rings. The molecule has 4 aliphatic rings. The molecule has 9 unspecified atom stereocenters. The number of hydrogen-bond acceptors (Lipinski definition) is 6. The predicted octanol–water partition coefficient (Wildman–Crippen LogP) is 6.02. The average molecular weight is 475 g/mol. The smallest absolute Gasteiger partial charge is 0.113 e. The Morgan fingerprint density at radius 3 is 1.93 bits per heavy atom. The first-order chi connectivity index (χ1) is 14.3. The Morgan fingerprint density at radius 1 is 0.800 bits per heavy atom. The van der Waals surface area contributed by atoms with Gasteiger partial charge >= 0.3 is 0 Å². The van der Waals surface area contributed by atoms with Crippen LogP contribution >= 0.6 is 24.0 Å². The Bertz CT molecular complexity index is 717. The summed E-state index contributed by atoms with van der Waals surface area (Å²) in [5, 5.41) is 0.869. The van der Waals surface area contributed by atoms with Crippen molar-refractivity contribution in [2.24, 2.45) is 9.03 Å². The van der Waals surface area contributed by atoms with Crippen LogP contribution < -0.4 is 4.86 Å². The van der Waals surface area contributed by atoms with Crippen LogP contribution in [0.3, 0.4) is 0 Å². The molecule has 0 radical (unpaired) electrons. The van der Waals surface area contributed by atoms with Crippen molar-refractivity contribution in [2.45, 2.75) is 95.9 Å². The van der Waals surface area contributed by atoms with Gasteiger partial charge in [-0.2, -0.15) is 0 Å². The van der Waals surface area contributed by atoms with Gasteiger partial charge in [0, 0.05) is 27.5 Å². The van der Waals surface area contributed by atoms with Crippen LogP contribution in [-0.4, -0.2) is 69.8 Å². The molecule has 30 heavy (non-hydrogen) atoms. The second kappa shape index (κ2) is 9.17. The van der Waals surface area contributed by atoms with Crippen molar-refractivity contribution in [3.8, 4) is 0 Å². The summed E-state index contributed by atoms with van der Waals surface area (Å²) >= 11 is 0. The highest BCUT2D eigenvalue weighted by molar-refractivity contribution is 7.76. The number of unbranched alkanes of at least 4 members (excludes halogenated alkanes) is 3. The summed E-state index contributed by atoms with van der Waals surface area (Å²) in [5.41, 5.74) is 0. The first-order valence-corrected chi connectivity index (χ1v) is 16.5. The molecule has 0 aromatic rings. The molecule has 0 aromatic carbocycles. The molecule has 4 aliphatic heterocycles. The van der Waals surface area contributed by atoms with E-state index < -0.39 is 24.0 Å².